The van der Waals surface area contributed by atoms with Gasteiger partial charge in [-0.25, -0.2) is 0 Å². The molecule has 3 saturated heterocycles. The summed E-state index contributed by atoms with van der Waals surface area (Å²) in [5.41, 5.74) is 0. The van der Waals surface area contributed by atoms with Crippen LogP contribution in [0.25, 0.3) is 0 Å². The van der Waals surface area contributed by atoms with Gasteiger partial charge in [-0.2, -0.15) is 0 Å². The molecule has 0 amide bonds. The quantitative estimate of drug-likeness (QED) is 0.756. The van der Waals surface area contributed by atoms with Crippen LogP contribution in [0.1, 0.15) is 46.0 Å². The van der Waals surface area contributed by atoms with Crippen LogP contribution in [0.4, 0.5) is 0 Å². The molecule has 4 unspecified atom stereocenters. The van der Waals surface area contributed by atoms with E-state index in [1.165, 1.54) is 58.3 Å². The lowest BCUT2D eigenvalue weighted by Crippen LogP contribution is -2.61. The summed E-state index contributed by atoms with van der Waals surface area (Å²) < 4.78 is 0. The van der Waals surface area contributed by atoms with Gasteiger partial charge in [0.25, 0.3) is 0 Å². The summed E-state index contributed by atoms with van der Waals surface area (Å²) in [5.74, 6) is 0. The van der Waals surface area contributed by atoms with E-state index < -0.39 is 0 Å². The summed E-state index contributed by atoms with van der Waals surface area (Å²) in [5, 5.41) is 0. The molecule has 3 heteroatoms. The van der Waals surface area contributed by atoms with Crippen LogP contribution in [0, 0.1) is 0 Å². The molecule has 0 aliphatic carbocycles. The number of fused-ring (bicyclic) bond motifs is 1. The van der Waals surface area contributed by atoms with Crippen LogP contribution in [0.15, 0.2) is 0 Å². The highest BCUT2D eigenvalue weighted by atomic mass is 15.3. The molecular formula is C16H31N3. The third-order valence-corrected chi connectivity index (χ3v) is 5.96. The van der Waals surface area contributed by atoms with Crippen molar-refractivity contribution in [3.8, 4) is 0 Å². The Morgan fingerprint density at radius 2 is 1.89 bits per heavy atom. The van der Waals surface area contributed by atoms with Crippen molar-refractivity contribution in [3.05, 3.63) is 0 Å². The molecule has 0 spiro atoms. The van der Waals surface area contributed by atoms with Crippen molar-refractivity contribution in [1.29, 1.82) is 0 Å². The highest BCUT2D eigenvalue weighted by Crippen LogP contribution is 2.31. The fraction of sp³-hybridized carbons (Fsp3) is 1.00. The lowest BCUT2D eigenvalue weighted by Gasteiger charge is -2.50. The summed E-state index contributed by atoms with van der Waals surface area (Å²) in [6.45, 7) is 10.1. The van der Waals surface area contributed by atoms with Gasteiger partial charge in [0.1, 0.15) is 0 Å². The van der Waals surface area contributed by atoms with E-state index in [2.05, 4.69) is 35.6 Å². The molecule has 3 rings (SSSR count). The van der Waals surface area contributed by atoms with E-state index in [1.54, 1.807) is 0 Å². The molecule has 0 radical (unpaired) electrons. The second-order valence-corrected chi connectivity index (χ2v) is 7.06. The van der Waals surface area contributed by atoms with Crippen LogP contribution in [-0.4, -0.2) is 72.1 Å². The number of likely N-dealkylation sites (tertiary alicyclic amines) is 1. The number of piperazine rings is 1. The number of hydrogen-bond donors (Lipinski definition) is 0. The summed E-state index contributed by atoms with van der Waals surface area (Å²) in [6.07, 6.45) is 6.95. The average molecular weight is 265 g/mol. The molecule has 0 bridgehead atoms. The number of piperidine rings is 1. The Labute approximate surface area is 118 Å². The second-order valence-electron chi connectivity index (χ2n) is 7.06. The molecule has 4 atom stereocenters. The standard InChI is InChI=1S/C16H31N3/c1-4-14-11-18-8-5-6-16(18)12-19(14)15-7-9-17(3)13(2)10-15/h13-16H,4-12H2,1-3H3. The first-order chi connectivity index (χ1) is 9.19. The Kier molecular flexibility index (Phi) is 4.16. The zero-order valence-corrected chi connectivity index (χ0v) is 13.0. The molecule has 3 heterocycles. The molecule has 3 nitrogen and oxygen atoms in total. The van der Waals surface area contributed by atoms with Crippen molar-refractivity contribution in [1.82, 2.24) is 14.7 Å². The molecule has 3 fully saturated rings. The summed E-state index contributed by atoms with van der Waals surface area (Å²) in [4.78, 5) is 8.20. The summed E-state index contributed by atoms with van der Waals surface area (Å²) in [7, 11) is 2.28. The highest BCUT2D eigenvalue weighted by molar-refractivity contribution is 4.96. The first-order valence-corrected chi connectivity index (χ1v) is 8.39. The van der Waals surface area contributed by atoms with Crippen molar-refractivity contribution >= 4 is 0 Å². The SMILES string of the molecule is CCC1CN2CCCC2CN1C1CCN(C)C(C)C1. The maximum absolute atomic E-state index is 2.90. The third-order valence-electron chi connectivity index (χ3n) is 5.96. The van der Waals surface area contributed by atoms with Crippen molar-refractivity contribution < 1.29 is 0 Å². The van der Waals surface area contributed by atoms with Crippen LogP contribution >= 0.6 is 0 Å². The minimum atomic E-state index is 0.762. The van der Waals surface area contributed by atoms with Crippen LogP contribution < -0.4 is 0 Å². The lowest BCUT2D eigenvalue weighted by molar-refractivity contribution is -0.00952. The molecule has 3 aliphatic heterocycles. The molecule has 3 aliphatic rings. The van der Waals surface area contributed by atoms with Crippen LogP contribution in [0.5, 0.6) is 0 Å². The summed E-state index contributed by atoms with van der Waals surface area (Å²) >= 11 is 0. The van der Waals surface area contributed by atoms with Crippen LogP contribution in [0.3, 0.4) is 0 Å². The largest absolute Gasteiger partial charge is 0.304 e. The third kappa shape index (κ3) is 2.70. The smallest absolute Gasteiger partial charge is 0.0224 e. The highest BCUT2D eigenvalue weighted by Gasteiger charge is 2.39. The molecule has 0 aromatic heterocycles. The number of hydrogen-bond acceptors (Lipinski definition) is 3. The maximum Gasteiger partial charge on any atom is 0.0224 e. The number of nitrogens with zero attached hydrogens (tertiary/aromatic N) is 3. The number of rotatable bonds is 2. The van der Waals surface area contributed by atoms with E-state index in [-0.39, 0.29) is 0 Å². The van der Waals surface area contributed by atoms with E-state index in [9.17, 15) is 0 Å². The molecule has 0 N–H and O–H groups in total. The van der Waals surface area contributed by atoms with Crippen molar-refractivity contribution in [2.45, 2.75) is 70.1 Å². The minimum Gasteiger partial charge on any atom is -0.304 e. The zero-order valence-electron chi connectivity index (χ0n) is 13.0. The van der Waals surface area contributed by atoms with Gasteiger partial charge in [0.05, 0.1) is 0 Å². The monoisotopic (exact) mass is 265 g/mol. The molecule has 0 saturated carbocycles. The summed E-state index contributed by atoms with van der Waals surface area (Å²) in [6, 6.07) is 3.30. The van der Waals surface area contributed by atoms with Gasteiger partial charge in [-0.15, -0.1) is 0 Å². The van der Waals surface area contributed by atoms with Gasteiger partial charge >= 0.3 is 0 Å². The Morgan fingerprint density at radius 3 is 2.63 bits per heavy atom. The predicted molar refractivity (Wildman–Crippen MR) is 80.5 cm³/mol. The lowest BCUT2D eigenvalue weighted by atomic mass is 9.93. The van der Waals surface area contributed by atoms with Gasteiger partial charge in [0.2, 0.25) is 0 Å². The molecule has 110 valence electrons. The Balaban J connectivity index is 1.67. The Bertz CT molecular complexity index is 306. The minimum absolute atomic E-state index is 0.762. The second kappa shape index (κ2) is 5.71. The molecular weight excluding hydrogens is 234 g/mol. The predicted octanol–water partition coefficient (Wildman–Crippen LogP) is 2.03. The first-order valence-electron chi connectivity index (χ1n) is 8.39. The van der Waals surface area contributed by atoms with Crippen molar-refractivity contribution in [2.75, 3.05) is 33.2 Å². The fourth-order valence-corrected chi connectivity index (χ4v) is 4.49. The average Bonchev–Trinajstić information content (AvgIpc) is 2.87. The van der Waals surface area contributed by atoms with E-state index in [4.69, 9.17) is 0 Å². The fourth-order valence-electron chi connectivity index (χ4n) is 4.49. The van der Waals surface area contributed by atoms with Gasteiger partial charge in [0, 0.05) is 37.3 Å². The molecule has 0 aromatic rings. The van der Waals surface area contributed by atoms with Crippen LogP contribution in [0.2, 0.25) is 0 Å². The zero-order chi connectivity index (χ0) is 13.4. The van der Waals surface area contributed by atoms with E-state index in [0.717, 1.165) is 24.2 Å². The van der Waals surface area contributed by atoms with Crippen molar-refractivity contribution in [3.63, 3.8) is 0 Å². The topological polar surface area (TPSA) is 9.72 Å². The van der Waals surface area contributed by atoms with Crippen molar-refractivity contribution in [2.24, 2.45) is 0 Å². The van der Waals surface area contributed by atoms with E-state index in [1.807, 2.05) is 0 Å². The maximum atomic E-state index is 2.90. The van der Waals surface area contributed by atoms with Gasteiger partial charge in [-0.3, -0.25) is 9.80 Å². The Hall–Kier alpha value is -0.120. The van der Waals surface area contributed by atoms with Gasteiger partial charge in [-0.05, 0) is 59.2 Å². The molecule has 0 aromatic carbocycles. The van der Waals surface area contributed by atoms with E-state index in [0.29, 0.717) is 0 Å². The normalized spacial score (nSPS) is 42.5. The van der Waals surface area contributed by atoms with Crippen LogP contribution in [-0.2, 0) is 0 Å². The van der Waals surface area contributed by atoms with Gasteiger partial charge in [0.15, 0.2) is 0 Å². The van der Waals surface area contributed by atoms with E-state index >= 15 is 0 Å². The first kappa shape index (κ1) is 13.8. The van der Waals surface area contributed by atoms with Gasteiger partial charge < -0.3 is 4.90 Å². The Morgan fingerprint density at radius 1 is 1.05 bits per heavy atom. The molecule has 19 heavy (non-hydrogen) atoms. The van der Waals surface area contributed by atoms with Gasteiger partial charge in [-0.1, -0.05) is 6.92 Å².